The molecule has 6 heteroatoms. The number of rotatable bonds is 5. The maximum absolute atomic E-state index is 12.3. The topological polar surface area (TPSA) is 59.3 Å². The van der Waals surface area contributed by atoms with Gasteiger partial charge in [-0.3, -0.25) is 0 Å². The lowest BCUT2D eigenvalue weighted by atomic mass is 10.0. The molecular formula is C16H17F2NO3. The molecule has 0 radical (unpaired) electrons. The van der Waals surface area contributed by atoms with Crippen molar-refractivity contribution in [1.29, 1.82) is 5.26 Å². The minimum atomic E-state index is -2.91. The Kier molecular flexibility index (Phi) is 6.05. The van der Waals surface area contributed by atoms with Crippen molar-refractivity contribution in [1.82, 2.24) is 0 Å². The van der Waals surface area contributed by atoms with E-state index in [9.17, 15) is 13.6 Å². The van der Waals surface area contributed by atoms with Crippen molar-refractivity contribution in [3.8, 4) is 11.8 Å². The first-order chi connectivity index (χ1) is 10.2. The molecule has 0 unspecified atom stereocenters. The molecule has 0 saturated carbocycles. The van der Waals surface area contributed by atoms with Crippen LogP contribution < -0.4 is 4.74 Å². The van der Waals surface area contributed by atoms with Gasteiger partial charge < -0.3 is 9.47 Å². The van der Waals surface area contributed by atoms with Gasteiger partial charge in [0.05, 0.1) is 6.10 Å². The molecule has 0 bridgehead atoms. The average molecular weight is 309 g/mol. The number of carbonyl (C=O) groups excluding carboxylic acids is 1. The molecule has 0 spiro atoms. The Bertz CT molecular complexity index is 608. The Balaban J connectivity index is 3.14. The summed E-state index contributed by atoms with van der Waals surface area (Å²) in [7, 11) is 0. The summed E-state index contributed by atoms with van der Waals surface area (Å²) in [6.45, 7) is 3.67. The molecule has 0 aliphatic heterocycles. The summed E-state index contributed by atoms with van der Waals surface area (Å²) in [4.78, 5) is 11.7. The lowest BCUT2D eigenvalue weighted by Crippen LogP contribution is -2.12. The SMILES string of the molecule is Cc1cc(/C=C(/C#N)C(=O)OC(C)C)cc(C)c1OC(F)F. The van der Waals surface area contributed by atoms with Crippen LogP contribution in [0, 0.1) is 25.2 Å². The van der Waals surface area contributed by atoms with Crippen LogP contribution >= 0.6 is 0 Å². The highest BCUT2D eigenvalue weighted by Gasteiger charge is 2.14. The molecule has 0 fully saturated rings. The van der Waals surface area contributed by atoms with E-state index >= 15 is 0 Å². The van der Waals surface area contributed by atoms with Crippen molar-refractivity contribution in [3.63, 3.8) is 0 Å². The van der Waals surface area contributed by atoms with Crippen LogP contribution in [0.5, 0.6) is 5.75 Å². The minimum Gasteiger partial charge on any atom is -0.459 e. The van der Waals surface area contributed by atoms with E-state index < -0.39 is 12.6 Å². The fourth-order valence-electron chi connectivity index (χ4n) is 1.92. The number of ether oxygens (including phenoxy) is 2. The number of halogens is 2. The Hall–Kier alpha value is -2.42. The molecule has 0 atom stereocenters. The summed E-state index contributed by atoms with van der Waals surface area (Å²) in [6.07, 6.45) is 1.02. The van der Waals surface area contributed by atoms with Gasteiger partial charge in [0.25, 0.3) is 0 Å². The highest BCUT2D eigenvalue weighted by atomic mass is 19.3. The van der Waals surface area contributed by atoms with Crippen LogP contribution in [0.3, 0.4) is 0 Å². The van der Waals surface area contributed by atoms with Crippen LogP contribution in [0.25, 0.3) is 6.08 Å². The molecule has 0 N–H and O–H groups in total. The van der Waals surface area contributed by atoms with Gasteiger partial charge in [0.1, 0.15) is 17.4 Å². The van der Waals surface area contributed by atoms with Crippen molar-refractivity contribution >= 4 is 12.0 Å². The molecule has 1 aromatic rings. The smallest absolute Gasteiger partial charge is 0.387 e. The third kappa shape index (κ3) is 4.85. The first-order valence-corrected chi connectivity index (χ1v) is 6.63. The average Bonchev–Trinajstić information content (AvgIpc) is 2.39. The zero-order chi connectivity index (χ0) is 16.9. The molecule has 118 valence electrons. The molecule has 0 aromatic heterocycles. The van der Waals surface area contributed by atoms with Gasteiger partial charge in [-0.05, 0) is 62.6 Å². The molecule has 22 heavy (non-hydrogen) atoms. The van der Waals surface area contributed by atoms with E-state index in [-0.39, 0.29) is 17.4 Å². The molecule has 0 aliphatic carbocycles. The van der Waals surface area contributed by atoms with Gasteiger partial charge in [0, 0.05) is 0 Å². The number of benzene rings is 1. The third-order valence-electron chi connectivity index (χ3n) is 2.68. The summed E-state index contributed by atoms with van der Waals surface area (Å²) in [5.74, 6) is -0.629. The molecule has 4 nitrogen and oxygen atoms in total. The van der Waals surface area contributed by atoms with Gasteiger partial charge in [-0.2, -0.15) is 14.0 Å². The lowest BCUT2D eigenvalue weighted by molar-refractivity contribution is -0.142. The van der Waals surface area contributed by atoms with Gasteiger partial charge in [-0.25, -0.2) is 4.79 Å². The predicted molar refractivity (Wildman–Crippen MR) is 77.4 cm³/mol. The van der Waals surface area contributed by atoms with Gasteiger partial charge in [-0.15, -0.1) is 0 Å². The molecule has 1 aromatic carbocycles. The highest BCUT2D eigenvalue weighted by molar-refractivity contribution is 5.98. The third-order valence-corrected chi connectivity index (χ3v) is 2.68. The van der Waals surface area contributed by atoms with Gasteiger partial charge >= 0.3 is 12.6 Å². The number of hydrogen-bond donors (Lipinski definition) is 0. The standard InChI is InChI=1S/C16H17F2NO3/c1-9(2)21-15(20)13(8-19)7-12-5-10(3)14(11(4)6-12)22-16(17)18/h5-7,9,16H,1-4H3/b13-7-. The van der Waals surface area contributed by atoms with Crippen molar-refractivity contribution in [2.24, 2.45) is 0 Å². The summed E-state index contributed by atoms with van der Waals surface area (Å²) >= 11 is 0. The van der Waals surface area contributed by atoms with Crippen molar-refractivity contribution in [2.45, 2.75) is 40.4 Å². The monoisotopic (exact) mass is 309 g/mol. The quantitative estimate of drug-likeness (QED) is 0.472. The van der Waals surface area contributed by atoms with E-state index in [1.54, 1.807) is 45.9 Å². The number of nitrogens with zero attached hydrogens (tertiary/aromatic N) is 1. The summed E-state index contributed by atoms with van der Waals surface area (Å²) in [6, 6.07) is 4.90. The Labute approximate surface area is 128 Å². The van der Waals surface area contributed by atoms with E-state index in [1.165, 1.54) is 6.08 Å². The minimum absolute atomic E-state index is 0.0930. The van der Waals surface area contributed by atoms with Crippen LogP contribution in [0.4, 0.5) is 8.78 Å². The molecule has 0 amide bonds. The van der Waals surface area contributed by atoms with E-state index in [0.29, 0.717) is 16.7 Å². The van der Waals surface area contributed by atoms with E-state index in [1.807, 2.05) is 0 Å². The van der Waals surface area contributed by atoms with Gasteiger partial charge in [0.15, 0.2) is 0 Å². The number of carbonyl (C=O) groups is 1. The summed E-state index contributed by atoms with van der Waals surface area (Å²) in [5.41, 5.74) is 1.35. The van der Waals surface area contributed by atoms with Crippen molar-refractivity contribution in [3.05, 3.63) is 34.4 Å². The van der Waals surface area contributed by atoms with Crippen LogP contribution in [-0.2, 0) is 9.53 Å². The number of esters is 1. The molecular weight excluding hydrogens is 292 g/mol. The number of hydrogen-bond acceptors (Lipinski definition) is 4. The molecule has 0 aliphatic rings. The Morgan fingerprint density at radius 3 is 2.23 bits per heavy atom. The lowest BCUT2D eigenvalue weighted by Gasteiger charge is -2.12. The second-order valence-electron chi connectivity index (χ2n) is 4.99. The van der Waals surface area contributed by atoms with Gasteiger partial charge in [-0.1, -0.05) is 0 Å². The maximum Gasteiger partial charge on any atom is 0.387 e. The van der Waals surface area contributed by atoms with E-state index in [4.69, 9.17) is 10.00 Å². The number of aryl methyl sites for hydroxylation is 2. The second-order valence-corrected chi connectivity index (χ2v) is 4.99. The predicted octanol–water partition coefficient (Wildman–Crippen LogP) is 3.76. The van der Waals surface area contributed by atoms with Crippen LogP contribution in [0.1, 0.15) is 30.5 Å². The maximum atomic E-state index is 12.3. The first kappa shape index (κ1) is 17.6. The van der Waals surface area contributed by atoms with Crippen molar-refractivity contribution in [2.75, 3.05) is 0 Å². The molecule has 0 heterocycles. The van der Waals surface area contributed by atoms with E-state index in [2.05, 4.69) is 4.74 Å². The largest absolute Gasteiger partial charge is 0.459 e. The Morgan fingerprint density at radius 2 is 1.82 bits per heavy atom. The van der Waals surface area contributed by atoms with Crippen LogP contribution in [-0.4, -0.2) is 18.7 Å². The Morgan fingerprint density at radius 1 is 1.27 bits per heavy atom. The molecule has 1 rings (SSSR count). The van der Waals surface area contributed by atoms with E-state index in [0.717, 1.165) is 0 Å². The zero-order valence-electron chi connectivity index (χ0n) is 12.8. The fourth-order valence-corrected chi connectivity index (χ4v) is 1.92. The van der Waals surface area contributed by atoms with Crippen molar-refractivity contribution < 1.29 is 23.0 Å². The number of alkyl halides is 2. The molecule has 0 saturated heterocycles. The van der Waals surface area contributed by atoms with Gasteiger partial charge in [0.2, 0.25) is 0 Å². The first-order valence-electron chi connectivity index (χ1n) is 6.63. The van der Waals surface area contributed by atoms with Crippen LogP contribution in [0.2, 0.25) is 0 Å². The zero-order valence-corrected chi connectivity index (χ0v) is 12.8. The second kappa shape index (κ2) is 7.55. The summed E-state index contributed by atoms with van der Waals surface area (Å²) < 4.78 is 34.1. The highest BCUT2D eigenvalue weighted by Crippen LogP contribution is 2.27. The number of nitriles is 1. The normalized spacial score (nSPS) is 11.5. The summed E-state index contributed by atoms with van der Waals surface area (Å²) in [5, 5.41) is 9.04. The van der Waals surface area contributed by atoms with Crippen LogP contribution in [0.15, 0.2) is 17.7 Å². The fraction of sp³-hybridized carbons (Fsp3) is 0.375.